The number of ether oxygens (including phenoxy) is 1. The highest BCUT2D eigenvalue weighted by molar-refractivity contribution is 6.95. The molecule has 1 aliphatic heterocycles. The molecule has 0 bridgehead atoms. The molecule has 39 heavy (non-hydrogen) atoms. The number of hydrogen-bond acceptors (Lipinski definition) is 2. The number of aryl methyl sites for hydroxylation is 1. The molecule has 0 N–H and O–H groups in total. The molecule has 3 aliphatic rings. The molecule has 2 nitrogen and oxygen atoms in total. The van der Waals surface area contributed by atoms with Crippen molar-refractivity contribution in [2.75, 3.05) is 19.7 Å². The van der Waals surface area contributed by atoms with E-state index in [1.54, 1.807) is 5.57 Å². The minimum atomic E-state index is -2.09. The van der Waals surface area contributed by atoms with Gasteiger partial charge in [-0.3, -0.25) is 0 Å². The van der Waals surface area contributed by atoms with Crippen LogP contribution in [-0.2, 0) is 0 Å². The number of fused-ring (bicyclic) bond motifs is 2. The minimum absolute atomic E-state index is 0.221. The molecule has 0 spiro atoms. The Balaban J connectivity index is 1.63. The molecule has 1 heterocycles. The van der Waals surface area contributed by atoms with Gasteiger partial charge in [-0.05, 0) is 39.9 Å². The number of benzene rings is 2. The van der Waals surface area contributed by atoms with E-state index in [4.69, 9.17) is 4.74 Å². The van der Waals surface area contributed by atoms with Crippen LogP contribution in [0.15, 0.2) is 78.9 Å². The van der Waals surface area contributed by atoms with E-state index < -0.39 is 16.1 Å². The lowest BCUT2D eigenvalue weighted by Crippen LogP contribution is -2.55. The highest BCUT2D eigenvalue weighted by Gasteiger charge is 2.45. The molecule has 5 rings (SSSR count). The average molecular weight is 554 g/mol. The number of hydrogen-bond donors (Lipinski definition) is 0. The molecule has 1 saturated heterocycles. The second-order valence-corrected chi connectivity index (χ2v) is 23.9. The predicted octanol–water partition coefficient (Wildman–Crippen LogP) is 7.69. The van der Waals surface area contributed by atoms with Crippen molar-refractivity contribution in [3.05, 3.63) is 95.6 Å². The maximum absolute atomic E-state index is 6.68. The normalized spacial score (nSPS) is 20.9. The standard InChI is InChI=1S/C35H47NOSi2/c1-10-19-37-34-32(20-25(2)21-33(34)39(8,9)35(3,4)5)38(6,7)31-22-30(28-17-13-14-18-29(28)31)36-23-26-15-11-12-16-27(26)24-36/h10-15,17-18,20-22,27,31H,1,16,19,23-24H2,2-9H3. The lowest BCUT2D eigenvalue weighted by molar-refractivity contribution is 0.368. The van der Waals surface area contributed by atoms with Crippen molar-refractivity contribution in [1.29, 1.82) is 0 Å². The molecule has 0 radical (unpaired) electrons. The summed E-state index contributed by atoms with van der Waals surface area (Å²) in [7, 11) is -3.94. The van der Waals surface area contributed by atoms with Crippen LogP contribution >= 0.6 is 0 Å². The zero-order valence-electron chi connectivity index (χ0n) is 25.4. The molecular formula is C35H47NOSi2. The fourth-order valence-corrected chi connectivity index (χ4v) is 12.3. The van der Waals surface area contributed by atoms with E-state index >= 15 is 0 Å². The quantitative estimate of drug-likeness (QED) is 0.257. The lowest BCUT2D eigenvalue weighted by Gasteiger charge is -2.40. The van der Waals surface area contributed by atoms with Crippen LogP contribution in [0.4, 0.5) is 0 Å². The Hall–Kier alpha value is -2.57. The highest BCUT2D eigenvalue weighted by Crippen LogP contribution is 2.46. The van der Waals surface area contributed by atoms with Gasteiger partial charge in [-0.15, -0.1) is 0 Å². The second-order valence-electron chi connectivity index (χ2n) is 14.0. The first kappa shape index (κ1) is 28.0. The SMILES string of the molecule is C=CCOc1c([Si](C)(C)C2C=C(N3CC4=CC=CCC4C3)c3ccccc32)cc(C)cc1[Si](C)(C)C(C)(C)C. The summed E-state index contributed by atoms with van der Waals surface area (Å²) in [5.41, 5.74) is 7.72. The largest absolute Gasteiger partial charge is 0.490 e. The van der Waals surface area contributed by atoms with Crippen molar-refractivity contribution < 1.29 is 4.74 Å². The Morgan fingerprint density at radius 1 is 1.08 bits per heavy atom. The Morgan fingerprint density at radius 2 is 1.79 bits per heavy atom. The summed E-state index contributed by atoms with van der Waals surface area (Å²) in [6.45, 7) is 26.4. The third-order valence-corrected chi connectivity index (χ3v) is 19.3. The van der Waals surface area contributed by atoms with Gasteiger partial charge in [0.2, 0.25) is 0 Å². The van der Waals surface area contributed by atoms with E-state index in [9.17, 15) is 0 Å². The third-order valence-electron chi connectivity index (χ3n) is 10.0. The molecular weight excluding hydrogens is 507 g/mol. The summed E-state index contributed by atoms with van der Waals surface area (Å²) in [5.74, 6) is 1.82. The van der Waals surface area contributed by atoms with Crippen molar-refractivity contribution in [3.63, 3.8) is 0 Å². The van der Waals surface area contributed by atoms with Gasteiger partial charge in [-0.25, -0.2) is 0 Å². The van der Waals surface area contributed by atoms with Gasteiger partial charge in [0.05, 0.1) is 16.1 Å². The minimum Gasteiger partial charge on any atom is -0.490 e. The summed E-state index contributed by atoms with van der Waals surface area (Å²) >= 11 is 0. The van der Waals surface area contributed by atoms with Crippen LogP contribution in [0.25, 0.3) is 5.70 Å². The first-order chi connectivity index (χ1) is 18.4. The van der Waals surface area contributed by atoms with E-state index in [0.29, 0.717) is 18.1 Å². The Labute approximate surface area is 239 Å². The fourth-order valence-electron chi connectivity index (χ4n) is 6.63. The van der Waals surface area contributed by atoms with Gasteiger partial charge >= 0.3 is 0 Å². The van der Waals surface area contributed by atoms with Gasteiger partial charge in [0.1, 0.15) is 12.4 Å². The predicted molar refractivity (Wildman–Crippen MR) is 175 cm³/mol. The molecule has 2 atom stereocenters. The van der Waals surface area contributed by atoms with Gasteiger partial charge in [0.15, 0.2) is 0 Å². The zero-order valence-corrected chi connectivity index (χ0v) is 27.4. The van der Waals surface area contributed by atoms with E-state index in [-0.39, 0.29) is 5.04 Å². The monoisotopic (exact) mass is 553 g/mol. The van der Waals surface area contributed by atoms with Crippen molar-refractivity contribution in [2.24, 2.45) is 5.92 Å². The van der Waals surface area contributed by atoms with Crippen molar-refractivity contribution in [3.8, 4) is 5.75 Å². The fraction of sp³-hybridized carbons (Fsp3) is 0.429. The van der Waals surface area contributed by atoms with Gasteiger partial charge in [0, 0.05) is 35.8 Å². The number of allylic oxidation sites excluding steroid dienone is 4. The molecule has 4 heteroatoms. The molecule has 2 aromatic carbocycles. The van der Waals surface area contributed by atoms with Crippen LogP contribution in [0.5, 0.6) is 5.75 Å². The van der Waals surface area contributed by atoms with Crippen LogP contribution in [0.3, 0.4) is 0 Å². The number of nitrogens with zero attached hydrogens (tertiary/aromatic N) is 1. The van der Waals surface area contributed by atoms with Crippen LogP contribution in [0.1, 0.15) is 49.4 Å². The van der Waals surface area contributed by atoms with E-state index in [0.717, 1.165) is 18.8 Å². The van der Waals surface area contributed by atoms with Crippen LogP contribution in [0.2, 0.25) is 31.2 Å². The first-order valence-electron chi connectivity index (χ1n) is 14.7. The molecule has 0 amide bonds. The third kappa shape index (κ3) is 4.84. The van der Waals surface area contributed by atoms with Crippen molar-refractivity contribution in [2.45, 2.75) is 70.9 Å². The Kier molecular flexibility index (Phi) is 7.26. The van der Waals surface area contributed by atoms with Gasteiger partial charge < -0.3 is 9.64 Å². The van der Waals surface area contributed by atoms with E-state index in [2.05, 4.69) is 126 Å². The zero-order chi connectivity index (χ0) is 28.2. The van der Waals surface area contributed by atoms with Gasteiger partial charge in [-0.2, -0.15) is 0 Å². The lowest BCUT2D eigenvalue weighted by atomic mass is 9.95. The first-order valence-corrected chi connectivity index (χ1v) is 20.7. The molecule has 2 aliphatic carbocycles. The molecule has 1 fully saturated rings. The summed E-state index contributed by atoms with van der Waals surface area (Å²) in [4.78, 5) is 2.65. The summed E-state index contributed by atoms with van der Waals surface area (Å²) in [6.07, 6.45) is 12.6. The van der Waals surface area contributed by atoms with E-state index in [1.165, 1.54) is 39.2 Å². The second kappa shape index (κ2) is 10.1. The highest BCUT2D eigenvalue weighted by atomic mass is 28.3. The van der Waals surface area contributed by atoms with Gasteiger partial charge in [-0.1, -0.05) is 126 Å². The molecule has 206 valence electrons. The number of likely N-dealkylation sites (tertiary alicyclic amines) is 1. The smallest absolute Gasteiger partial charge is 0.118 e. The summed E-state index contributed by atoms with van der Waals surface area (Å²) in [6, 6.07) is 14.1. The Morgan fingerprint density at radius 3 is 2.49 bits per heavy atom. The molecule has 2 unspecified atom stereocenters. The maximum Gasteiger partial charge on any atom is 0.118 e. The number of rotatable bonds is 7. The Bertz CT molecular complexity index is 1370. The van der Waals surface area contributed by atoms with Crippen molar-refractivity contribution >= 4 is 32.2 Å². The maximum atomic E-state index is 6.68. The molecule has 2 aromatic rings. The van der Waals surface area contributed by atoms with Crippen LogP contribution < -0.4 is 15.1 Å². The van der Waals surface area contributed by atoms with E-state index in [1.807, 2.05) is 6.08 Å². The average Bonchev–Trinajstić information content (AvgIpc) is 3.49. The van der Waals surface area contributed by atoms with Crippen LogP contribution in [-0.4, -0.2) is 40.7 Å². The van der Waals surface area contributed by atoms with Gasteiger partial charge in [0.25, 0.3) is 0 Å². The summed E-state index contributed by atoms with van der Waals surface area (Å²) < 4.78 is 6.68. The summed E-state index contributed by atoms with van der Waals surface area (Å²) in [5, 5.41) is 3.15. The van der Waals surface area contributed by atoms with Crippen LogP contribution in [0, 0.1) is 12.8 Å². The molecule has 0 saturated carbocycles. The van der Waals surface area contributed by atoms with Crippen molar-refractivity contribution in [1.82, 2.24) is 4.90 Å². The topological polar surface area (TPSA) is 12.5 Å². The molecule has 0 aromatic heterocycles.